The molecule has 0 aliphatic carbocycles. The highest BCUT2D eigenvalue weighted by Crippen LogP contribution is 2.28. The van der Waals surface area contributed by atoms with Crippen molar-refractivity contribution in [1.82, 2.24) is 15.2 Å². The number of pyridine rings is 1. The monoisotopic (exact) mass is 341 g/mol. The second kappa shape index (κ2) is 6.52. The smallest absolute Gasteiger partial charge is 0.270 e. The highest BCUT2D eigenvalue weighted by atomic mass is 32.1. The number of amides is 1. The second-order valence-electron chi connectivity index (χ2n) is 6.40. The van der Waals surface area contributed by atoms with Crippen LogP contribution in [0.4, 0.5) is 0 Å². The minimum atomic E-state index is -0.153. The number of thiophene rings is 1. The first kappa shape index (κ1) is 15.6. The molecule has 2 bridgehead atoms. The molecule has 1 atom stereocenters. The summed E-state index contributed by atoms with van der Waals surface area (Å²) >= 11 is 1.51. The third-order valence-corrected chi connectivity index (χ3v) is 5.91. The zero-order valence-electron chi connectivity index (χ0n) is 13.3. The number of aliphatic hydroxyl groups is 1. The van der Waals surface area contributed by atoms with Gasteiger partial charge in [0.2, 0.25) is 0 Å². The zero-order valence-corrected chi connectivity index (χ0v) is 14.1. The lowest BCUT2D eigenvalue weighted by molar-refractivity contribution is 0.0618. The van der Waals surface area contributed by atoms with Gasteiger partial charge in [-0.3, -0.25) is 9.78 Å². The van der Waals surface area contributed by atoms with Gasteiger partial charge in [-0.15, -0.1) is 11.3 Å². The Morgan fingerprint density at radius 3 is 2.96 bits per heavy atom. The fourth-order valence-electron chi connectivity index (χ4n) is 3.62. The number of carbonyl (C=O) groups is 1. The van der Waals surface area contributed by atoms with Gasteiger partial charge in [-0.05, 0) is 44.0 Å². The fraction of sp³-hybridized carbons (Fsp3) is 0.444. The van der Waals surface area contributed by atoms with Crippen molar-refractivity contribution in [2.75, 3.05) is 26.2 Å². The van der Waals surface area contributed by atoms with Gasteiger partial charge < -0.3 is 15.3 Å². The maximum Gasteiger partial charge on any atom is 0.270 e. The number of rotatable bonds is 2. The molecule has 0 unspecified atom stereocenters. The summed E-state index contributed by atoms with van der Waals surface area (Å²) in [5.74, 6) is 6.06. The number of piperidine rings is 3. The molecule has 24 heavy (non-hydrogen) atoms. The van der Waals surface area contributed by atoms with E-state index in [1.54, 1.807) is 6.20 Å². The van der Waals surface area contributed by atoms with E-state index in [9.17, 15) is 4.79 Å². The van der Waals surface area contributed by atoms with E-state index in [1.807, 2.05) is 12.1 Å². The average Bonchev–Trinajstić information content (AvgIpc) is 3.03. The summed E-state index contributed by atoms with van der Waals surface area (Å²) in [6.07, 6.45) is 4.08. The molecule has 1 amide bonds. The Hall–Kier alpha value is -1.94. The van der Waals surface area contributed by atoms with Gasteiger partial charge >= 0.3 is 0 Å². The lowest BCUT2D eigenvalue weighted by atomic mass is 9.84. The van der Waals surface area contributed by atoms with Crippen LogP contribution in [0.1, 0.15) is 28.2 Å². The number of nitrogens with one attached hydrogen (secondary N) is 1. The summed E-state index contributed by atoms with van der Waals surface area (Å²) in [6, 6.07) is 4.01. The van der Waals surface area contributed by atoms with E-state index < -0.39 is 0 Å². The van der Waals surface area contributed by atoms with Gasteiger partial charge in [0, 0.05) is 28.9 Å². The summed E-state index contributed by atoms with van der Waals surface area (Å²) in [6.45, 7) is 3.13. The molecular formula is C18H19N3O2S. The first-order valence-corrected chi connectivity index (χ1v) is 9.07. The molecule has 5 rings (SSSR count). The number of aromatic nitrogens is 1. The molecule has 6 heteroatoms. The lowest BCUT2D eigenvalue weighted by Gasteiger charge is -2.44. The van der Waals surface area contributed by atoms with Crippen LogP contribution in [-0.2, 0) is 0 Å². The highest BCUT2D eigenvalue weighted by Gasteiger charge is 2.35. The van der Waals surface area contributed by atoms with Crippen LogP contribution in [0.5, 0.6) is 0 Å². The number of hydrogen-bond acceptors (Lipinski definition) is 5. The van der Waals surface area contributed by atoms with Crippen molar-refractivity contribution in [3.8, 4) is 11.8 Å². The zero-order chi connectivity index (χ0) is 16.5. The molecule has 5 nitrogen and oxygen atoms in total. The Balaban J connectivity index is 1.51. The van der Waals surface area contributed by atoms with E-state index in [-0.39, 0.29) is 18.6 Å². The minimum Gasteiger partial charge on any atom is -0.384 e. The molecular weight excluding hydrogens is 322 g/mol. The molecule has 2 N–H and O–H groups in total. The fourth-order valence-corrected chi connectivity index (χ4v) is 4.56. The van der Waals surface area contributed by atoms with Crippen LogP contribution in [0, 0.1) is 17.8 Å². The summed E-state index contributed by atoms with van der Waals surface area (Å²) in [7, 11) is 0. The number of aliphatic hydroxyl groups excluding tert-OH is 1. The van der Waals surface area contributed by atoms with Crippen molar-refractivity contribution in [2.45, 2.75) is 18.9 Å². The van der Waals surface area contributed by atoms with Crippen LogP contribution in [0.3, 0.4) is 0 Å². The molecule has 0 spiro atoms. The number of fused-ring (bicyclic) bond motifs is 4. The normalized spacial score (nSPS) is 25.3. The third kappa shape index (κ3) is 3.03. The van der Waals surface area contributed by atoms with Crippen LogP contribution in [0.2, 0.25) is 0 Å². The Labute approximate surface area is 144 Å². The van der Waals surface area contributed by atoms with Crippen LogP contribution in [0.15, 0.2) is 18.3 Å². The molecule has 0 radical (unpaired) electrons. The molecule has 3 aliphatic heterocycles. The number of hydrogen-bond donors (Lipinski definition) is 2. The van der Waals surface area contributed by atoms with E-state index in [1.165, 1.54) is 24.2 Å². The summed E-state index contributed by atoms with van der Waals surface area (Å²) < 4.78 is 0.992. The second-order valence-corrected chi connectivity index (χ2v) is 7.48. The van der Waals surface area contributed by atoms with Crippen LogP contribution >= 0.6 is 11.3 Å². The molecule has 2 aromatic heterocycles. The number of carbonyl (C=O) groups excluding carboxylic acids is 1. The molecule has 3 aliphatic rings. The lowest BCUT2D eigenvalue weighted by Crippen LogP contribution is -2.57. The summed E-state index contributed by atoms with van der Waals surface area (Å²) in [4.78, 5) is 20.2. The topological polar surface area (TPSA) is 65.5 Å². The Kier molecular flexibility index (Phi) is 4.23. The molecule has 3 saturated heterocycles. The average molecular weight is 341 g/mol. The molecule has 0 aromatic carbocycles. The van der Waals surface area contributed by atoms with Crippen molar-refractivity contribution in [2.24, 2.45) is 5.92 Å². The van der Waals surface area contributed by atoms with Gasteiger partial charge in [-0.2, -0.15) is 0 Å². The van der Waals surface area contributed by atoms with Crippen LogP contribution < -0.4 is 5.32 Å². The molecule has 5 heterocycles. The molecule has 124 valence electrons. The molecule has 0 saturated carbocycles. The predicted molar refractivity (Wildman–Crippen MR) is 94.0 cm³/mol. The molecule has 3 fully saturated rings. The van der Waals surface area contributed by atoms with Gasteiger partial charge in [-0.1, -0.05) is 11.8 Å². The van der Waals surface area contributed by atoms with Crippen LogP contribution in [-0.4, -0.2) is 53.2 Å². The third-order valence-electron chi connectivity index (χ3n) is 4.90. The van der Waals surface area contributed by atoms with Gasteiger partial charge in [-0.25, -0.2) is 0 Å². The van der Waals surface area contributed by atoms with E-state index in [2.05, 4.69) is 27.0 Å². The Morgan fingerprint density at radius 1 is 1.42 bits per heavy atom. The number of nitrogens with zero attached hydrogens (tertiary/aromatic N) is 2. The van der Waals surface area contributed by atoms with Crippen molar-refractivity contribution in [1.29, 1.82) is 0 Å². The largest absolute Gasteiger partial charge is 0.384 e. The maximum absolute atomic E-state index is 12.6. The predicted octanol–water partition coefficient (Wildman–Crippen LogP) is 1.46. The van der Waals surface area contributed by atoms with E-state index >= 15 is 0 Å². The first-order chi connectivity index (χ1) is 11.7. The Bertz CT molecular complexity index is 828. The first-order valence-electron chi connectivity index (χ1n) is 8.25. The van der Waals surface area contributed by atoms with E-state index in [4.69, 9.17) is 5.11 Å². The minimum absolute atomic E-state index is 0.0907. The summed E-state index contributed by atoms with van der Waals surface area (Å²) in [5.41, 5.74) is 0.461. The highest BCUT2D eigenvalue weighted by molar-refractivity contribution is 7.19. The Morgan fingerprint density at radius 2 is 2.25 bits per heavy atom. The maximum atomic E-state index is 12.6. The molecule has 2 aromatic rings. The van der Waals surface area contributed by atoms with Gasteiger partial charge in [0.05, 0.1) is 4.88 Å². The summed E-state index contributed by atoms with van der Waals surface area (Å²) in [5, 5.41) is 12.9. The standard InChI is InChI=1S/C18H19N3O2S/c22-7-1-2-14-8-13-10-19-15(9-17(13)24-14)18(23)20-16-11-21-5-3-12(16)4-6-21/h8-10,12,16,22H,3-7,11H2,(H,20,23)/t16-/m0/s1. The van der Waals surface area contributed by atoms with E-state index in [0.29, 0.717) is 11.6 Å². The SMILES string of the molecule is O=C(N[C@H]1CN2CCC1CC2)c1cc2sc(C#CCO)cc2cn1. The van der Waals surface area contributed by atoms with Crippen LogP contribution in [0.25, 0.3) is 10.1 Å². The van der Waals surface area contributed by atoms with Crippen molar-refractivity contribution < 1.29 is 9.90 Å². The van der Waals surface area contributed by atoms with Gasteiger partial charge in [0.25, 0.3) is 5.91 Å². The van der Waals surface area contributed by atoms with Crippen molar-refractivity contribution >= 4 is 27.3 Å². The van der Waals surface area contributed by atoms with E-state index in [0.717, 1.165) is 34.6 Å². The van der Waals surface area contributed by atoms with Gasteiger partial charge in [0.1, 0.15) is 12.3 Å². The van der Waals surface area contributed by atoms with Gasteiger partial charge in [0.15, 0.2) is 0 Å². The van der Waals surface area contributed by atoms with Crippen molar-refractivity contribution in [3.05, 3.63) is 28.9 Å². The quantitative estimate of drug-likeness (QED) is 0.812. The van der Waals surface area contributed by atoms with Crippen molar-refractivity contribution in [3.63, 3.8) is 0 Å².